The number of para-hydroxylation sites is 1. The third-order valence-electron chi connectivity index (χ3n) is 2.75. The molecule has 0 saturated carbocycles. The van der Waals surface area contributed by atoms with Gasteiger partial charge in [-0.25, -0.2) is 4.98 Å². The van der Waals surface area contributed by atoms with Gasteiger partial charge in [0.25, 0.3) is 0 Å². The quantitative estimate of drug-likeness (QED) is 0.870. The third kappa shape index (κ3) is 4.44. The molecule has 1 aromatic carbocycles. The van der Waals surface area contributed by atoms with Gasteiger partial charge in [-0.3, -0.25) is 0 Å². The Labute approximate surface area is 124 Å². The molecule has 0 bridgehead atoms. The zero-order valence-electron chi connectivity index (χ0n) is 11.4. The molecule has 0 aliphatic rings. The highest BCUT2D eigenvalue weighted by Gasteiger charge is 2.33. The lowest BCUT2D eigenvalue weighted by Crippen LogP contribution is -2.25. The first-order chi connectivity index (χ1) is 10.0. The number of benzene rings is 1. The van der Waals surface area contributed by atoms with Gasteiger partial charge in [0.1, 0.15) is 10.8 Å². The minimum absolute atomic E-state index is 0.200. The molecular weight excluding hydrogens is 301 g/mol. The number of hydrogen-bond acceptors (Lipinski definition) is 4. The predicted molar refractivity (Wildman–Crippen MR) is 75.4 cm³/mol. The van der Waals surface area contributed by atoms with Crippen molar-refractivity contribution < 1.29 is 17.9 Å². The maximum Gasteiger partial charge on any atom is 0.573 e. The van der Waals surface area contributed by atoms with E-state index in [2.05, 4.69) is 15.0 Å². The predicted octanol–water partition coefficient (Wildman–Crippen LogP) is 4.13. The van der Waals surface area contributed by atoms with Crippen molar-refractivity contribution in [1.82, 2.24) is 10.3 Å². The summed E-state index contributed by atoms with van der Waals surface area (Å²) in [5.41, 5.74) is 0.429. The number of nitrogens with one attached hydrogen (secondary N) is 1. The van der Waals surface area contributed by atoms with Crippen LogP contribution in [0.4, 0.5) is 13.2 Å². The highest BCUT2D eigenvalue weighted by molar-refractivity contribution is 7.09. The summed E-state index contributed by atoms with van der Waals surface area (Å²) in [6.45, 7) is 2.66. The van der Waals surface area contributed by atoms with Crippen molar-refractivity contribution in [3.8, 4) is 5.75 Å². The van der Waals surface area contributed by atoms with Crippen molar-refractivity contribution >= 4 is 11.3 Å². The molecule has 7 heteroatoms. The van der Waals surface area contributed by atoms with E-state index in [4.69, 9.17) is 0 Å². The fourth-order valence-corrected chi connectivity index (χ4v) is 2.66. The molecule has 0 aliphatic heterocycles. The Bertz CT molecular complexity index is 558. The zero-order chi connectivity index (χ0) is 15.3. The van der Waals surface area contributed by atoms with Crippen LogP contribution in [0.3, 0.4) is 0 Å². The van der Waals surface area contributed by atoms with Gasteiger partial charge >= 0.3 is 6.36 Å². The molecule has 3 nitrogen and oxygen atoms in total. The Hall–Kier alpha value is -1.60. The Morgan fingerprint density at radius 2 is 2.10 bits per heavy atom. The molecule has 0 saturated heterocycles. The van der Waals surface area contributed by atoms with Gasteiger partial charge in [0.2, 0.25) is 0 Å². The molecule has 0 aliphatic carbocycles. The van der Waals surface area contributed by atoms with E-state index in [0.717, 1.165) is 6.42 Å². The van der Waals surface area contributed by atoms with E-state index < -0.39 is 12.4 Å². The van der Waals surface area contributed by atoms with Crippen LogP contribution in [0.15, 0.2) is 35.8 Å². The molecular formula is C14H15F3N2OS. The van der Waals surface area contributed by atoms with E-state index in [-0.39, 0.29) is 5.75 Å². The number of alkyl halides is 3. The highest BCUT2D eigenvalue weighted by Crippen LogP contribution is 2.34. The number of nitrogens with zero attached hydrogens (tertiary/aromatic N) is 1. The van der Waals surface area contributed by atoms with Gasteiger partial charge in [-0.05, 0) is 19.0 Å². The molecule has 1 unspecified atom stereocenters. The average Bonchev–Trinajstić information content (AvgIpc) is 2.93. The van der Waals surface area contributed by atoms with Crippen molar-refractivity contribution in [2.24, 2.45) is 0 Å². The average molecular weight is 316 g/mol. The van der Waals surface area contributed by atoms with Crippen LogP contribution in [0.5, 0.6) is 5.75 Å². The second-order valence-electron chi connectivity index (χ2n) is 4.34. The highest BCUT2D eigenvalue weighted by atomic mass is 32.1. The van der Waals surface area contributed by atoms with E-state index in [1.165, 1.54) is 23.5 Å². The third-order valence-corrected chi connectivity index (χ3v) is 3.59. The van der Waals surface area contributed by atoms with E-state index in [9.17, 15) is 13.2 Å². The molecule has 114 valence electrons. The van der Waals surface area contributed by atoms with Gasteiger partial charge in [0.15, 0.2) is 0 Å². The van der Waals surface area contributed by atoms with Crippen molar-refractivity contribution in [1.29, 1.82) is 0 Å². The van der Waals surface area contributed by atoms with Crippen LogP contribution in [0.25, 0.3) is 0 Å². The lowest BCUT2D eigenvalue weighted by Gasteiger charge is -2.20. The number of hydrogen-bond donors (Lipinski definition) is 1. The molecule has 1 N–H and O–H groups in total. The first kappa shape index (κ1) is 15.8. The first-order valence-corrected chi connectivity index (χ1v) is 7.36. The van der Waals surface area contributed by atoms with Crippen molar-refractivity contribution in [2.75, 3.05) is 6.54 Å². The maximum atomic E-state index is 12.5. The molecule has 21 heavy (non-hydrogen) atoms. The van der Waals surface area contributed by atoms with Crippen LogP contribution in [0.1, 0.15) is 30.0 Å². The molecule has 1 atom stereocenters. The van der Waals surface area contributed by atoms with Gasteiger partial charge in [0.05, 0.1) is 6.04 Å². The smallest absolute Gasteiger partial charge is 0.405 e. The summed E-state index contributed by atoms with van der Waals surface area (Å²) in [5.74, 6) is -0.200. The largest absolute Gasteiger partial charge is 0.573 e. The van der Waals surface area contributed by atoms with Gasteiger partial charge < -0.3 is 10.1 Å². The second kappa shape index (κ2) is 6.91. The summed E-state index contributed by atoms with van der Waals surface area (Å²) in [4.78, 5) is 4.20. The van der Waals surface area contributed by atoms with Crippen LogP contribution in [0.2, 0.25) is 0 Å². The summed E-state index contributed by atoms with van der Waals surface area (Å²) in [7, 11) is 0. The normalized spacial score (nSPS) is 13.1. The topological polar surface area (TPSA) is 34.2 Å². The molecule has 1 aromatic heterocycles. The summed E-state index contributed by atoms with van der Waals surface area (Å²) in [6.07, 6.45) is -2.22. The number of rotatable bonds is 6. The maximum absolute atomic E-state index is 12.5. The Morgan fingerprint density at radius 3 is 2.71 bits per heavy atom. The lowest BCUT2D eigenvalue weighted by molar-refractivity contribution is -0.275. The minimum atomic E-state index is -4.71. The number of halogens is 3. The van der Waals surface area contributed by atoms with Crippen LogP contribution in [-0.2, 0) is 0 Å². The number of ether oxygens (including phenoxy) is 1. The zero-order valence-corrected chi connectivity index (χ0v) is 12.2. The molecule has 0 fully saturated rings. The van der Waals surface area contributed by atoms with Crippen LogP contribution in [-0.4, -0.2) is 17.9 Å². The van der Waals surface area contributed by atoms with E-state index in [0.29, 0.717) is 17.1 Å². The van der Waals surface area contributed by atoms with Crippen LogP contribution in [0, 0.1) is 0 Å². The lowest BCUT2D eigenvalue weighted by atomic mass is 10.1. The molecule has 1 heterocycles. The van der Waals surface area contributed by atoms with E-state index in [1.807, 2.05) is 6.92 Å². The minimum Gasteiger partial charge on any atom is -0.405 e. The van der Waals surface area contributed by atoms with Crippen LogP contribution < -0.4 is 10.1 Å². The monoisotopic (exact) mass is 316 g/mol. The number of aromatic nitrogens is 1. The Morgan fingerprint density at radius 1 is 1.33 bits per heavy atom. The van der Waals surface area contributed by atoms with Crippen molar-refractivity contribution in [2.45, 2.75) is 25.7 Å². The summed E-state index contributed by atoms with van der Waals surface area (Å²) < 4.78 is 41.7. The molecule has 2 rings (SSSR count). The standard InChI is InChI=1S/C14H15F3N2OS/c1-2-7-18-12(13-19-8-9-21-13)10-5-3-4-6-11(10)20-14(15,16)17/h3-6,8-9,12,18H,2,7H2,1H3. The van der Waals surface area contributed by atoms with Crippen molar-refractivity contribution in [3.63, 3.8) is 0 Å². The Balaban J connectivity index is 2.35. The van der Waals surface area contributed by atoms with Gasteiger partial charge in [-0.15, -0.1) is 24.5 Å². The van der Waals surface area contributed by atoms with E-state index in [1.54, 1.807) is 23.7 Å². The van der Waals surface area contributed by atoms with Crippen molar-refractivity contribution in [3.05, 3.63) is 46.4 Å². The van der Waals surface area contributed by atoms with Gasteiger partial charge in [0, 0.05) is 17.1 Å². The summed E-state index contributed by atoms with van der Waals surface area (Å²) >= 11 is 1.39. The SMILES string of the molecule is CCCNC(c1nccs1)c1ccccc1OC(F)(F)F. The summed E-state index contributed by atoms with van der Waals surface area (Å²) in [6, 6.07) is 5.73. The second-order valence-corrected chi connectivity index (χ2v) is 5.27. The molecule has 0 spiro atoms. The molecule has 0 radical (unpaired) electrons. The Kier molecular flexibility index (Phi) is 5.19. The fourth-order valence-electron chi connectivity index (χ4n) is 1.93. The van der Waals surface area contributed by atoms with Gasteiger partial charge in [-0.2, -0.15) is 0 Å². The van der Waals surface area contributed by atoms with Gasteiger partial charge in [-0.1, -0.05) is 25.1 Å². The molecule has 2 aromatic rings. The molecule has 0 amide bonds. The first-order valence-electron chi connectivity index (χ1n) is 6.48. The summed E-state index contributed by atoms with van der Waals surface area (Å²) in [5, 5.41) is 5.72. The number of thiazole rings is 1. The van der Waals surface area contributed by atoms with E-state index >= 15 is 0 Å². The van der Waals surface area contributed by atoms with Crippen LogP contribution >= 0.6 is 11.3 Å². The fraction of sp³-hybridized carbons (Fsp3) is 0.357.